The van der Waals surface area contributed by atoms with E-state index in [1.807, 2.05) is 60.7 Å². The Morgan fingerprint density at radius 3 is 2.36 bits per heavy atom. The van der Waals surface area contributed by atoms with Crippen molar-refractivity contribution >= 4 is 34.3 Å². The van der Waals surface area contributed by atoms with Gasteiger partial charge in [0.15, 0.2) is 12.3 Å². The van der Waals surface area contributed by atoms with E-state index in [-0.39, 0.29) is 16.9 Å². The van der Waals surface area contributed by atoms with E-state index in [9.17, 15) is 19.7 Å². The molecule has 0 aliphatic rings. The Hall–Kier alpha value is -5.38. The number of carbonyl (C=O) groups excluding carboxylic acids is 2. The van der Waals surface area contributed by atoms with E-state index in [4.69, 9.17) is 9.72 Å². The summed E-state index contributed by atoms with van der Waals surface area (Å²) in [5, 5.41) is 18.9. The molecule has 2 aromatic heterocycles. The van der Waals surface area contributed by atoms with E-state index < -0.39 is 23.4 Å². The minimum atomic E-state index is -0.746. The van der Waals surface area contributed by atoms with Gasteiger partial charge in [-0.15, -0.1) is 0 Å². The molecule has 2 heterocycles. The van der Waals surface area contributed by atoms with Crippen molar-refractivity contribution in [1.29, 1.82) is 0 Å². The van der Waals surface area contributed by atoms with Gasteiger partial charge in [0.1, 0.15) is 5.69 Å². The lowest BCUT2D eigenvalue weighted by molar-refractivity contribution is -0.384. The first-order valence-electron chi connectivity index (χ1n) is 12.0. The largest absolute Gasteiger partial charge is 0.452 e. The van der Waals surface area contributed by atoms with Crippen molar-refractivity contribution in [3.05, 3.63) is 112 Å². The molecule has 0 saturated carbocycles. The van der Waals surface area contributed by atoms with Gasteiger partial charge in [-0.25, -0.2) is 14.5 Å². The zero-order chi connectivity index (χ0) is 27.5. The molecule has 1 N–H and O–H groups in total. The third kappa shape index (κ3) is 5.21. The molecule has 0 radical (unpaired) electrons. The third-order valence-electron chi connectivity index (χ3n) is 6.06. The fourth-order valence-electron chi connectivity index (χ4n) is 4.25. The van der Waals surface area contributed by atoms with Gasteiger partial charge in [0.25, 0.3) is 11.6 Å². The summed E-state index contributed by atoms with van der Waals surface area (Å²) >= 11 is 0. The number of hydrogen-bond acceptors (Lipinski definition) is 7. The second-order valence-corrected chi connectivity index (χ2v) is 8.85. The molecule has 0 atom stereocenters. The fourth-order valence-corrected chi connectivity index (χ4v) is 4.25. The molecule has 0 saturated heterocycles. The summed E-state index contributed by atoms with van der Waals surface area (Å²) in [5.74, 6) is -1.45. The minimum Gasteiger partial charge on any atom is -0.452 e. The molecule has 0 aliphatic heterocycles. The van der Waals surface area contributed by atoms with Crippen LogP contribution in [0.4, 0.5) is 11.4 Å². The Balaban J connectivity index is 1.48. The molecular weight excluding hydrogens is 498 g/mol. The van der Waals surface area contributed by atoms with Crippen molar-refractivity contribution in [2.45, 2.75) is 13.8 Å². The van der Waals surface area contributed by atoms with Crippen molar-refractivity contribution in [3.63, 3.8) is 0 Å². The molecule has 194 valence electrons. The van der Waals surface area contributed by atoms with Gasteiger partial charge < -0.3 is 10.1 Å². The van der Waals surface area contributed by atoms with Crippen molar-refractivity contribution < 1.29 is 19.2 Å². The zero-order valence-electron chi connectivity index (χ0n) is 21.1. The lowest BCUT2D eigenvalue weighted by Gasteiger charge is -2.10. The fraction of sp³-hybridized carbons (Fsp3) is 0.103. The predicted octanol–water partition coefficient (Wildman–Crippen LogP) is 5.41. The summed E-state index contributed by atoms with van der Waals surface area (Å²) in [5.41, 5.74) is 3.77. The first-order chi connectivity index (χ1) is 18.8. The van der Waals surface area contributed by atoms with Crippen LogP contribution in [0.1, 0.15) is 21.6 Å². The lowest BCUT2D eigenvalue weighted by atomic mass is 10.1. The maximum Gasteiger partial charge on any atom is 0.339 e. The molecule has 0 fully saturated rings. The number of para-hydroxylation sites is 1. The highest BCUT2D eigenvalue weighted by molar-refractivity contribution is 6.06. The van der Waals surface area contributed by atoms with Crippen LogP contribution in [0.3, 0.4) is 0 Å². The summed E-state index contributed by atoms with van der Waals surface area (Å²) in [6.45, 7) is 2.84. The van der Waals surface area contributed by atoms with Gasteiger partial charge in [0.2, 0.25) is 0 Å². The Morgan fingerprint density at radius 2 is 1.67 bits per heavy atom. The number of pyridine rings is 1. The second-order valence-electron chi connectivity index (χ2n) is 8.85. The molecule has 0 spiro atoms. The van der Waals surface area contributed by atoms with Crippen molar-refractivity contribution in [2.24, 2.45) is 0 Å². The van der Waals surface area contributed by atoms with E-state index in [1.54, 1.807) is 30.7 Å². The van der Waals surface area contributed by atoms with Gasteiger partial charge >= 0.3 is 5.97 Å². The van der Waals surface area contributed by atoms with Gasteiger partial charge in [0.05, 0.1) is 32.9 Å². The summed E-state index contributed by atoms with van der Waals surface area (Å²) < 4.78 is 7.03. The monoisotopic (exact) mass is 521 g/mol. The van der Waals surface area contributed by atoms with Gasteiger partial charge in [-0.05, 0) is 43.7 Å². The number of anilines is 1. The van der Waals surface area contributed by atoms with Gasteiger partial charge in [0, 0.05) is 11.6 Å². The van der Waals surface area contributed by atoms with E-state index in [1.165, 1.54) is 12.1 Å². The Labute approximate surface area is 223 Å². The first-order valence-corrected chi connectivity index (χ1v) is 12.0. The van der Waals surface area contributed by atoms with E-state index in [0.717, 1.165) is 11.3 Å². The van der Waals surface area contributed by atoms with Crippen LogP contribution in [0, 0.1) is 24.0 Å². The topological polar surface area (TPSA) is 129 Å². The third-order valence-corrected chi connectivity index (χ3v) is 6.06. The van der Waals surface area contributed by atoms with Crippen molar-refractivity contribution in [3.8, 4) is 16.9 Å². The summed E-state index contributed by atoms with van der Waals surface area (Å²) in [6, 6.07) is 24.8. The number of rotatable bonds is 7. The molecule has 39 heavy (non-hydrogen) atoms. The molecule has 0 aliphatic carbocycles. The molecule has 10 heteroatoms. The van der Waals surface area contributed by atoms with Crippen LogP contribution >= 0.6 is 0 Å². The number of esters is 1. The van der Waals surface area contributed by atoms with E-state index >= 15 is 0 Å². The number of nitro benzene ring substituents is 1. The van der Waals surface area contributed by atoms with Crippen molar-refractivity contribution in [2.75, 3.05) is 11.9 Å². The van der Waals surface area contributed by atoms with Crippen LogP contribution in [0.25, 0.3) is 28.0 Å². The number of ether oxygens (including phenoxy) is 1. The predicted molar refractivity (Wildman–Crippen MR) is 146 cm³/mol. The molecule has 3 aromatic carbocycles. The SMILES string of the molecule is Cc1ccc(NC(=O)COC(=O)c2cc(-c3ccccc3)nc3c2c(C)nn3-c2ccccc2)c([N+](=O)[O-])c1. The smallest absolute Gasteiger partial charge is 0.339 e. The van der Waals surface area contributed by atoms with Crippen LogP contribution in [0.5, 0.6) is 0 Å². The average Bonchev–Trinajstić information content (AvgIpc) is 3.29. The van der Waals surface area contributed by atoms with Crippen LogP contribution in [0.15, 0.2) is 84.9 Å². The van der Waals surface area contributed by atoms with Gasteiger partial charge in [-0.2, -0.15) is 5.10 Å². The maximum absolute atomic E-state index is 13.3. The number of amides is 1. The van der Waals surface area contributed by atoms with Crippen LogP contribution < -0.4 is 5.32 Å². The molecule has 5 aromatic rings. The van der Waals surface area contributed by atoms with E-state index in [0.29, 0.717) is 28.0 Å². The van der Waals surface area contributed by atoms with E-state index in [2.05, 4.69) is 10.4 Å². The highest BCUT2D eigenvalue weighted by Crippen LogP contribution is 2.29. The number of fused-ring (bicyclic) bond motifs is 1. The minimum absolute atomic E-state index is 0.0179. The molecule has 0 bridgehead atoms. The number of benzene rings is 3. The van der Waals surface area contributed by atoms with Crippen LogP contribution in [-0.4, -0.2) is 38.2 Å². The number of carbonyl (C=O) groups is 2. The number of nitro groups is 1. The summed E-state index contributed by atoms with van der Waals surface area (Å²) in [6.07, 6.45) is 0. The number of nitrogens with one attached hydrogen (secondary N) is 1. The quantitative estimate of drug-likeness (QED) is 0.172. The molecule has 10 nitrogen and oxygen atoms in total. The van der Waals surface area contributed by atoms with Gasteiger partial charge in [-0.3, -0.25) is 14.9 Å². The number of hydrogen-bond donors (Lipinski definition) is 1. The molecule has 1 amide bonds. The molecule has 5 rings (SSSR count). The Bertz CT molecular complexity index is 1720. The number of aromatic nitrogens is 3. The number of nitrogens with zero attached hydrogens (tertiary/aromatic N) is 4. The van der Waals surface area contributed by atoms with Crippen LogP contribution in [-0.2, 0) is 9.53 Å². The highest BCUT2D eigenvalue weighted by atomic mass is 16.6. The summed E-state index contributed by atoms with van der Waals surface area (Å²) in [4.78, 5) is 41.5. The lowest BCUT2D eigenvalue weighted by Crippen LogP contribution is -2.21. The molecular formula is C29H23N5O5. The molecule has 0 unspecified atom stereocenters. The second kappa shape index (κ2) is 10.5. The number of aryl methyl sites for hydroxylation is 2. The zero-order valence-corrected chi connectivity index (χ0v) is 21.1. The average molecular weight is 522 g/mol. The Morgan fingerprint density at radius 1 is 0.974 bits per heavy atom. The van der Waals surface area contributed by atoms with Gasteiger partial charge in [-0.1, -0.05) is 54.6 Å². The maximum atomic E-state index is 13.3. The Kier molecular flexibility index (Phi) is 6.83. The first kappa shape index (κ1) is 25.3. The van der Waals surface area contributed by atoms with Crippen molar-refractivity contribution in [1.82, 2.24) is 14.8 Å². The normalized spacial score (nSPS) is 10.8. The summed E-state index contributed by atoms with van der Waals surface area (Å²) in [7, 11) is 0. The van der Waals surface area contributed by atoms with Crippen LogP contribution in [0.2, 0.25) is 0 Å². The standard InChI is InChI=1S/C29H23N5O5/c1-18-13-14-23(25(15-18)34(37)38)30-26(35)17-39-29(36)22-16-24(20-9-5-3-6-10-20)31-28-27(22)19(2)32-33(28)21-11-7-4-8-12-21/h3-16H,17H2,1-2H3,(H,30,35). The highest BCUT2D eigenvalue weighted by Gasteiger charge is 2.23.